The fourth-order valence-corrected chi connectivity index (χ4v) is 4.43. The van der Waals surface area contributed by atoms with Gasteiger partial charge in [0.05, 0.1) is 35.5 Å². The van der Waals surface area contributed by atoms with Crippen molar-refractivity contribution in [2.75, 3.05) is 24.7 Å². The summed E-state index contributed by atoms with van der Waals surface area (Å²) in [4.78, 5) is 13.8. The Hall–Kier alpha value is -3.05. The predicted molar refractivity (Wildman–Crippen MR) is 109 cm³/mol. The molecule has 2 amide bonds. The van der Waals surface area contributed by atoms with Crippen LogP contribution in [0.15, 0.2) is 47.1 Å². The minimum Gasteiger partial charge on any atom is -0.462 e. The summed E-state index contributed by atoms with van der Waals surface area (Å²) in [5.41, 5.74) is 0.344. The first-order valence-corrected chi connectivity index (χ1v) is 11.1. The van der Waals surface area contributed by atoms with Crippen molar-refractivity contribution in [2.24, 2.45) is 0 Å². The van der Waals surface area contributed by atoms with Gasteiger partial charge in [-0.1, -0.05) is 18.2 Å². The number of carbonyl (C=O) groups is 1. The van der Waals surface area contributed by atoms with Crippen LogP contribution in [0.4, 0.5) is 23.7 Å². The van der Waals surface area contributed by atoms with Crippen LogP contribution in [0.25, 0.3) is 22.1 Å². The van der Waals surface area contributed by atoms with Crippen molar-refractivity contribution in [2.45, 2.75) is 12.2 Å². The molecule has 1 aliphatic rings. The summed E-state index contributed by atoms with van der Waals surface area (Å²) in [6.07, 6.45) is 0.549. The highest BCUT2D eigenvalue weighted by Crippen LogP contribution is 2.38. The lowest BCUT2D eigenvalue weighted by atomic mass is 10.00. The largest absolute Gasteiger partial charge is 0.462 e. The third kappa shape index (κ3) is 4.23. The Morgan fingerprint density at radius 1 is 1.13 bits per heavy atom. The average Bonchev–Trinajstić information content (AvgIpc) is 3.25. The van der Waals surface area contributed by atoms with Crippen LogP contribution in [0.5, 0.6) is 0 Å². The topological polar surface area (TPSA) is 91.7 Å². The van der Waals surface area contributed by atoms with Crippen molar-refractivity contribution >= 4 is 32.7 Å². The fraction of sp³-hybridized carbons (Fsp3) is 0.250. The monoisotopic (exact) mass is 453 g/mol. The van der Waals surface area contributed by atoms with Crippen molar-refractivity contribution in [1.29, 1.82) is 0 Å². The van der Waals surface area contributed by atoms with Gasteiger partial charge in [-0.05, 0) is 18.2 Å². The van der Waals surface area contributed by atoms with Crippen molar-refractivity contribution < 1.29 is 30.8 Å². The van der Waals surface area contributed by atoms with Gasteiger partial charge in [0.25, 0.3) is 0 Å². The molecular weight excluding hydrogens is 435 g/mol. The molecule has 1 aromatic heterocycles. The highest BCUT2D eigenvalue weighted by molar-refractivity contribution is 7.88. The molecular formula is C20H18F3N3O4S. The van der Waals surface area contributed by atoms with Crippen LogP contribution in [0, 0.1) is 11.6 Å². The van der Waals surface area contributed by atoms with Gasteiger partial charge in [0.15, 0.2) is 0 Å². The molecule has 7 nitrogen and oxygen atoms in total. The first-order valence-electron chi connectivity index (χ1n) is 9.26. The van der Waals surface area contributed by atoms with Crippen molar-refractivity contribution in [3.05, 3.63) is 54.3 Å². The molecule has 1 fully saturated rings. The summed E-state index contributed by atoms with van der Waals surface area (Å²) in [7, 11) is -3.65. The molecule has 164 valence electrons. The molecule has 2 heterocycles. The van der Waals surface area contributed by atoms with E-state index < -0.39 is 39.9 Å². The zero-order valence-corrected chi connectivity index (χ0v) is 17.0. The van der Waals surface area contributed by atoms with Crippen LogP contribution in [-0.2, 0) is 10.0 Å². The van der Waals surface area contributed by atoms with Gasteiger partial charge < -0.3 is 14.6 Å². The SMILES string of the molecule is CS(=O)(=O)N[C@@H]1CN(C(=O)Nc2coc3cccc(-c4c(F)cccc4F)c23)C[C@@H]1F. The number of sulfonamides is 1. The van der Waals surface area contributed by atoms with Gasteiger partial charge in [-0.15, -0.1) is 0 Å². The Bertz CT molecular complexity index is 1240. The number of benzene rings is 2. The second-order valence-electron chi connectivity index (χ2n) is 7.27. The van der Waals surface area contributed by atoms with Crippen LogP contribution >= 0.6 is 0 Å². The number of hydrogen-bond acceptors (Lipinski definition) is 4. The number of rotatable bonds is 4. The number of fused-ring (bicyclic) bond motifs is 1. The summed E-state index contributed by atoms with van der Waals surface area (Å²) < 4.78 is 73.2. The van der Waals surface area contributed by atoms with Crippen molar-refractivity contribution in [1.82, 2.24) is 9.62 Å². The van der Waals surface area contributed by atoms with Crippen LogP contribution in [0.2, 0.25) is 0 Å². The summed E-state index contributed by atoms with van der Waals surface area (Å²) in [6.45, 7) is -0.492. The van der Waals surface area contributed by atoms with E-state index in [9.17, 15) is 26.4 Å². The number of alkyl halides is 1. The van der Waals surface area contributed by atoms with E-state index in [2.05, 4.69) is 10.0 Å². The molecule has 1 aliphatic heterocycles. The number of nitrogens with zero attached hydrogens (tertiary/aromatic N) is 1. The predicted octanol–water partition coefficient (Wildman–Crippen LogP) is 3.48. The van der Waals surface area contributed by atoms with Gasteiger partial charge in [-0.3, -0.25) is 0 Å². The van der Waals surface area contributed by atoms with E-state index >= 15 is 0 Å². The lowest BCUT2D eigenvalue weighted by Gasteiger charge is -2.17. The minimum absolute atomic E-state index is 0.146. The molecule has 0 saturated carbocycles. The number of hydrogen-bond donors (Lipinski definition) is 2. The molecule has 1 saturated heterocycles. The van der Waals surface area contributed by atoms with Gasteiger partial charge in [0.1, 0.15) is 29.7 Å². The number of nitrogens with one attached hydrogen (secondary N) is 2. The van der Waals surface area contributed by atoms with E-state index in [0.717, 1.165) is 23.3 Å². The number of anilines is 1. The molecule has 0 bridgehead atoms. The second-order valence-corrected chi connectivity index (χ2v) is 9.05. The van der Waals surface area contributed by atoms with E-state index in [4.69, 9.17) is 4.42 Å². The third-order valence-electron chi connectivity index (χ3n) is 4.97. The van der Waals surface area contributed by atoms with E-state index in [0.29, 0.717) is 0 Å². The number of amides is 2. The summed E-state index contributed by atoms with van der Waals surface area (Å²) >= 11 is 0. The van der Waals surface area contributed by atoms with Gasteiger partial charge >= 0.3 is 6.03 Å². The lowest BCUT2D eigenvalue weighted by molar-refractivity contribution is 0.218. The van der Waals surface area contributed by atoms with Crippen LogP contribution in [0.1, 0.15) is 0 Å². The van der Waals surface area contributed by atoms with E-state index in [1.54, 1.807) is 12.1 Å². The zero-order chi connectivity index (χ0) is 22.3. The Morgan fingerprint density at radius 3 is 2.48 bits per heavy atom. The molecule has 2 N–H and O–H groups in total. The summed E-state index contributed by atoms with van der Waals surface area (Å²) in [5.74, 6) is -1.55. The Kier molecular flexibility index (Phi) is 5.40. The Morgan fingerprint density at radius 2 is 1.81 bits per heavy atom. The first kappa shape index (κ1) is 21.2. The van der Waals surface area contributed by atoms with Gasteiger partial charge in [-0.2, -0.15) is 0 Å². The molecule has 2 aromatic carbocycles. The fourth-order valence-electron chi connectivity index (χ4n) is 3.65. The summed E-state index contributed by atoms with van der Waals surface area (Å²) in [5, 5.41) is 2.84. The maximum absolute atomic E-state index is 14.4. The molecule has 0 unspecified atom stereocenters. The average molecular weight is 453 g/mol. The van der Waals surface area contributed by atoms with Gasteiger partial charge in [0.2, 0.25) is 10.0 Å². The number of halogens is 3. The Balaban J connectivity index is 1.64. The van der Waals surface area contributed by atoms with E-state index in [1.165, 1.54) is 18.4 Å². The standard InChI is InChI=1S/C20H18F3N3O4S/c1-31(28,29)25-15-9-26(8-14(15)23)20(27)24-16-10-30-17-7-2-4-11(19(16)17)18-12(21)5-3-6-13(18)22/h2-7,10,14-15,25H,8-9H2,1H3,(H,24,27)/t14-,15+/m0/s1. The normalized spacial score (nSPS) is 19.2. The zero-order valence-electron chi connectivity index (χ0n) is 16.2. The molecule has 11 heteroatoms. The first-order chi connectivity index (χ1) is 14.6. The maximum Gasteiger partial charge on any atom is 0.322 e. The number of furan rings is 1. The van der Waals surface area contributed by atoms with Crippen LogP contribution < -0.4 is 10.0 Å². The lowest BCUT2D eigenvalue weighted by Crippen LogP contribution is -2.41. The number of urea groups is 1. The minimum atomic E-state index is -3.65. The van der Waals surface area contributed by atoms with Crippen LogP contribution in [0.3, 0.4) is 0 Å². The molecule has 2 atom stereocenters. The molecule has 31 heavy (non-hydrogen) atoms. The summed E-state index contributed by atoms with van der Waals surface area (Å²) in [6, 6.07) is 6.35. The molecule has 0 radical (unpaired) electrons. The Labute approximate surface area is 175 Å². The molecule has 0 aliphatic carbocycles. The molecule has 0 spiro atoms. The van der Waals surface area contributed by atoms with E-state index in [1.807, 2.05) is 0 Å². The second kappa shape index (κ2) is 7.89. The van der Waals surface area contributed by atoms with Crippen LogP contribution in [-0.4, -0.2) is 50.9 Å². The van der Waals surface area contributed by atoms with Gasteiger partial charge in [-0.25, -0.2) is 31.1 Å². The smallest absolute Gasteiger partial charge is 0.322 e. The van der Waals surface area contributed by atoms with Crippen molar-refractivity contribution in [3.8, 4) is 11.1 Å². The third-order valence-corrected chi connectivity index (χ3v) is 5.71. The van der Waals surface area contributed by atoms with Gasteiger partial charge in [0, 0.05) is 12.1 Å². The van der Waals surface area contributed by atoms with Crippen molar-refractivity contribution in [3.63, 3.8) is 0 Å². The highest BCUT2D eigenvalue weighted by Gasteiger charge is 2.37. The molecule has 3 aromatic rings. The highest BCUT2D eigenvalue weighted by atomic mass is 32.2. The number of likely N-dealkylation sites (tertiary alicyclic amines) is 1. The maximum atomic E-state index is 14.4. The van der Waals surface area contributed by atoms with E-state index in [-0.39, 0.29) is 40.9 Å². The number of carbonyl (C=O) groups excluding carboxylic acids is 1. The molecule has 4 rings (SSSR count). The quantitative estimate of drug-likeness (QED) is 0.633.